The first-order chi connectivity index (χ1) is 13.2. The number of hydrogen-bond donors (Lipinski definition) is 0. The number of esters is 1. The third-order valence-corrected chi connectivity index (χ3v) is 6.16. The van der Waals surface area contributed by atoms with Gasteiger partial charge in [-0.25, -0.2) is 0 Å². The lowest BCUT2D eigenvalue weighted by Gasteiger charge is -2.31. The molecule has 27 heavy (non-hydrogen) atoms. The minimum absolute atomic E-state index is 0.0366. The van der Waals surface area contributed by atoms with Crippen LogP contribution in [0.1, 0.15) is 70.3 Å². The Morgan fingerprint density at radius 3 is 2.56 bits per heavy atom. The van der Waals surface area contributed by atoms with Crippen LogP contribution < -0.4 is 4.74 Å². The number of allylic oxidation sites excluding steroid dienone is 1. The van der Waals surface area contributed by atoms with Crippen LogP contribution >= 0.6 is 0 Å². The lowest BCUT2D eigenvalue weighted by molar-refractivity contribution is -0.140. The maximum atomic E-state index is 12.5. The number of rotatable bonds is 8. The van der Waals surface area contributed by atoms with E-state index in [2.05, 4.69) is 13.5 Å². The first kappa shape index (κ1) is 20.1. The number of ether oxygens (including phenoxy) is 2. The van der Waals surface area contributed by atoms with Crippen molar-refractivity contribution in [3.8, 4) is 5.75 Å². The number of benzene rings is 1. The number of carbonyl (C=O) groups excluding carboxylic acids is 1. The van der Waals surface area contributed by atoms with Crippen molar-refractivity contribution in [1.29, 1.82) is 0 Å². The highest BCUT2D eigenvalue weighted by Crippen LogP contribution is 2.38. The molecule has 0 spiro atoms. The minimum Gasteiger partial charge on any atom is -0.426 e. The molecule has 0 N–H and O–H groups in total. The summed E-state index contributed by atoms with van der Waals surface area (Å²) in [5.74, 6) is 1.25. The second-order valence-corrected chi connectivity index (χ2v) is 8.17. The molecule has 0 radical (unpaired) electrons. The maximum Gasteiger partial charge on any atom is 0.314 e. The Hall–Kier alpha value is -1.61. The average Bonchev–Trinajstić information content (AvgIpc) is 3.16. The fraction of sp³-hybridized carbons (Fsp3) is 0.625. The van der Waals surface area contributed by atoms with Crippen LogP contribution in [0, 0.1) is 11.8 Å². The molecule has 2 unspecified atom stereocenters. The van der Waals surface area contributed by atoms with Crippen molar-refractivity contribution in [2.45, 2.75) is 83.3 Å². The topological polar surface area (TPSA) is 35.5 Å². The zero-order valence-electron chi connectivity index (χ0n) is 16.7. The number of aryl methyl sites for hydroxylation is 1. The van der Waals surface area contributed by atoms with Crippen LogP contribution in [-0.2, 0) is 16.0 Å². The summed E-state index contributed by atoms with van der Waals surface area (Å²) in [4.78, 5) is 12.5. The molecule has 1 aliphatic heterocycles. The Morgan fingerprint density at radius 2 is 1.89 bits per heavy atom. The van der Waals surface area contributed by atoms with Gasteiger partial charge in [0.05, 0.1) is 18.1 Å². The van der Waals surface area contributed by atoms with E-state index in [-0.39, 0.29) is 11.9 Å². The summed E-state index contributed by atoms with van der Waals surface area (Å²) in [6.45, 7) is 5.97. The van der Waals surface area contributed by atoms with E-state index in [1.54, 1.807) is 0 Å². The van der Waals surface area contributed by atoms with E-state index in [9.17, 15) is 4.79 Å². The van der Waals surface area contributed by atoms with Gasteiger partial charge >= 0.3 is 5.97 Å². The minimum atomic E-state index is -0.0662. The van der Waals surface area contributed by atoms with E-state index in [1.807, 2.05) is 30.3 Å². The molecular formula is C24H34O3. The summed E-state index contributed by atoms with van der Waals surface area (Å²) in [6.07, 6.45) is 13.6. The summed E-state index contributed by atoms with van der Waals surface area (Å²) in [6, 6.07) is 7.88. The summed E-state index contributed by atoms with van der Waals surface area (Å²) >= 11 is 0. The third kappa shape index (κ3) is 5.68. The molecule has 3 nitrogen and oxygen atoms in total. The van der Waals surface area contributed by atoms with E-state index >= 15 is 0 Å². The molecule has 148 valence electrons. The molecule has 1 heterocycles. The predicted molar refractivity (Wildman–Crippen MR) is 109 cm³/mol. The molecule has 0 bridgehead atoms. The molecule has 2 atom stereocenters. The van der Waals surface area contributed by atoms with Crippen molar-refractivity contribution in [3.05, 3.63) is 42.5 Å². The SMILES string of the molecule is C=CCCc1ccc(OC(=O)C2CCC(C3CCC(CCC)O3)CC2)cc1. The molecule has 1 aliphatic carbocycles. The van der Waals surface area contributed by atoms with Crippen molar-refractivity contribution < 1.29 is 14.3 Å². The van der Waals surface area contributed by atoms with Crippen molar-refractivity contribution in [1.82, 2.24) is 0 Å². The van der Waals surface area contributed by atoms with Crippen LogP contribution in [0.3, 0.4) is 0 Å². The highest BCUT2D eigenvalue weighted by molar-refractivity contribution is 5.75. The molecule has 0 aromatic heterocycles. The molecular weight excluding hydrogens is 336 g/mol. The Balaban J connectivity index is 1.42. The van der Waals surface area contributed by atoms with E-state index in [1.165, 1.54) is 31.2 Å². The Labute approximate surface area is 164 Å². The lowest BCUT2D eigenvalue weighted by atomic mass is 9.79. The summed E-state index contributed by atoms with van der Waals surface area (Å²) < 4.78 is 11.9. The van der Waals surface area contributed by atoms with Gasteiger partial charge in [-0.2, -0.15) is 0 Å². The molecule has 2 fully saturated rings. The van der Waals surface area contributed by atoms with Gasteiger partial charge in [0.15, 0.2) is 0 Å². The monoisotopic (exact) mass is 370 g/mol. The van der Waals surface area contributed by atoms with Gasteiger partial charge in [-0.3, -0.25) is 4.79 Å². The van der Waals surface area contributed by atoms with Gasteiger partial charge in [0, 0.05) is 0 Å². The van der Waals surface area contributed by atoms with Crippen LogP contribution in [0.15, 0.2) is 36.9 Å². The van der Waals surface area contributed by atoms with Crippen LogP contribution in [-0.4, -0.2) is 18.2 Å². The largest absolute Gasteiger partial charge is 0.426 e. The zero-order chi connectivity index (χ0) is 19.1. The van der Waals surface area contributed by atoms with Gasteiger partial charge in [0.2, 0.25) is 0 Å². The Morgan fingerprint density at radius 1 is 1.15 bits per heavy atom. The summed E-state index contributed by atoms with van der Waals surface area (Å²) in [5, 5.41) is 0. The maximum absolute atomic E-state index is 12.5. The van der Waals surface area contributed by atoms with Gasteiger partial charge < -0.3 is 9.47 Å². The van der Waals surface area contributed by atoms with Gasteiger partial charge in [0.1, 0.15) is 5.75 Å². The zero-order valence-corrected chi connectivity index (χ0v) is 16.7. The number of hydrogen-bond acceptors (Lipinski definition) is 3. The van der Waals surface area contributed by atoms with Crippen molar-refractivity contribution >= 4 is 5.97 Å². The molecule has 3 heteroatoms. The normalized spacial score (nSPS) is 28.0. The number of carbonyl (C=O) groups is 1. The highest BCUT2D eigenvalue weighted by Gasteiger charge is 2.35. The van der Waals surface area contributed by atoms with E-state index in [0.717, 1.165) is 38.5 Å². The van der Waals surface area contributed by atoms with Crippen LogP contribution in [0.2, 0.25) is 0 Å². The Kier molecular flexibility index (Phi) is 7.51. The standard InChI is InChI=1S/C24H34O3/c1-3-5-7-18-8-14-22(15-9-18)27-24(25)20-12-10-19(11-13-20)23-17-16-21(26-23)6-4-2/h3,8-9,14-15,19-21,23H,1,4-7,10-13,16-17H2,2H3. The molecule has 1 saturated carbocycles. The van der Waals surface area contributed by atoms with E-state index < -0.39 is 0 Å². The van der Waals surface area contributed by atoms with Crippen LogP contribution in [0.25, 0.3) is 0 Å². The molecule has 2 aliphatic rings. The van der Waals surface area contributed by atoms with Gasteiger partial charge in [-0.1, -0.05) is 31.6 Å². The lowest BCUT2D eigenvalue weighted by Crippen LogP contribution is -2.30. The molecule has 3 rings (SSSR count). The second-order valence-electron chi connectivity index (χ2n) is 8.17. The predicted octanol–water partition coefficient (Wildman–Crippen LogP) is 5.86. The van der Waals surface area contributed by atoms with Gasteiger partial charge in [0.25, 0.3) is 0 Å². The van der Waals surface area contributed by atoms with Gasteiger partial charge in [-0.15, -0.1) is 6.58 Å². The van der Waals surface area contributed by atoms with Crippen molar-refractivity contribution in [3.63, 3.8) is 0 Å². The smallest absolute Gasteiger partial charge is 0.314 e. The first-order valence-electron chi connectivity index (χ1n) is 10.8. The quantitative estimate of drug-likeness (QED) is 0.326. The Bertz CT molecular complexity index is 599. The van der Waals surface area contributed by atoms with E-state index in [4.69, 9.17) is 9.47 Å². The summed E-state index contributed by atoms with van der Waals surface area (Å²) in [7, 11) is 0. The summed E-state index contributed by atoms with van der Waals surface area (Å²) in [5.41, 5.74) is 1.24. The molecule has 1 aromatic carbocycles. The fourth-order valence-corrected chi connectivity index (χ4v) is 4.53. The fourth-order valence-electron chi connectivity index (χ4n) is 4.53. The van der Waals surface area contributed by atoms with Crippen molar-refractivity contribution in [2.24, 2.45) is 11.8 Å². The third-order valence-electron chi connectivity index (χ3n) is 6.16. The van der Waals surface area contributed by atoms with Crippen molar-refractivity contribution in [2.75, 3.05) is 0 Å². The molecule has 0 amide bonds. The first-order valence-corrected chi connectivity index (χ1v) is 10.8. The van der Waals surface area contributed by atoms with Gasteiger partial charge in [-0.05, 0) is 81.4 Å². The van der Waals surface area contributed by atoms with Crippen LogP contribution in [0.4, 0.5) is 0 Å². The second kappa shape index (κ2) is 10.1. The average molecular weight is 371 g/mol. The van der Waals surface area contributed by atoms with Crippen LogP contribution in [0.5, 0.6) is 5.75 Å². The highest BCUT2D eigenvalue weighted by atomic mass is 16.5. The molecule has 1 saturated heterocycles. The molecule has 1 aromatic rings. The van der Waals surface area contributed by atoms with E-state index in [0.29, 0.717) is 23.9 Å².